The number of hydrogen-bond acceptors (Lipinski definition) is 4. The van der Waals surface area contributed by atoms with Crippen molar-refractivity contribution in [3.8, 4) is 0 Å². The van der Waals surface area contributed by atoms with Gasteiger partial charge in [-0.2, -0.15) is 0 Å². The summed E-state index contributed by atoms with van der Waals surface area (Å²) >= 11 is 0. The van der Waals surface area contributed by atoms with E-state index >= 15 is 0 Å². The molecule has 0 bridgehead atoms. The zero-order chi connectivity index (χ0) is 34.9. The lowest BCUT2D eigenvalue weighted by atomic mass is 10.1. The van der Waals surface area contributed by atoms with Gasteiger partial charge in [-0.25, -0.2) is 0 Å². The molecule has 274 valence electrons. The lowest BCUT2D eigenvalue weighted by molar-refractivity contribution is -0.129. The SMILES string of the molecule is CCCCCCCCCCCCNC(=O)CCC(NC(=O)CCCNC(=O)c1ccccc1)C(=O)NCCCCCCCCCCCC. The Balaban J connectivity index is 2.37. The molecule has 0 saturated heterocycles. The molecule has 4 N–H and O–H groups in total. The largest absolute Gasteiger partial charge is 0.356 e. The Morgan fingerprint density at radius 3 is 1.48 bits per heavy atom. The van der Waals surface area contributed by atoms with Crippen LogP contribution in [0.1, 0.15) is 178 Å². The van der Waals surface area contributed by atoms with Crippen LogP contribution in [0, 0.1) is 0 Å². The Bertz CT molecular complexity index is 956. The third kappa shape index (κ3) is 25.2. The van der Waals surface area contributed by atoms with Gasteiger partial charge in [0.05, 0.1) is 0 Å². The topological polar surface area (TPSA) is 116 Å². The fourth-order valence-electron chi connectivity index (χ4n) is 5.83. The summed E-state index contributed by atoms with van der Waals surface area (Å²) in [6.07, 6.45) is 25.8. The van der Waals surface area contributed by atoms with Gasteiger partial charge in [-0.05, 0) is 37.8 Å². The quantitative estimate of drug-likeness (QED) is 0.0575. The molecule has 0 radical (unpaired) electrons. The average molecular weight is 671 g/mol. The Morgan fingerprint density at radius 1 is 0.500 bits per heavy atom. The van der Waals surface area contributed by atoms with E-state index in [1.165, 1.54) is 103 Å². The first kappa shape index (κ1) is 43.1. The van der Waals surface area contributed by atoms with Gasteiger partial charge in [-0.15, -0.1) is 0 Å². The van der Waals surface area contributed by atoms with Gasteiger partial charge in [0.25, 0.3) is 5.91 Å². The molecule has 0 spiro atoms. The molecule has 0 heterocycles. The second kappa shape index (κ2) is 31.4. The van der Waals surface area contributed by atoms with Gasteiger partial charge in [0.15, 0.2) is 0 Å². The molecule has 1 aromatic carbocycles. The molecule has 0 saturated carbocycles. The van der Waals surface area contributed by atoms with Crippen LogP contribution in [-0.2, 0) is 14.4 Å². The second-order valence-corrected chi connectivity index (χ2v) is 13.4. The van der Waals surface area contributed by atoms with Crippen LogP contribution in [0.5, 0.6) is 0 Å². The standard InChI is InChI=1S/C40H70N4O4/c1-3-5-7-9-11-13-15-17-19-24-32-41-37(45)31-30-36(40(48)43-33-25-20-18-16-14-12-10-8-6-4-2)44-38(46)29-26-34-42-39(47)35-27-22-21-23-28-35/h21-23,27-28,36H,3-20,24-26,29-34H2,1-2H3,(H,41,45)(H,42,47)(H,43,48)(H,44,46). The van der Waals surface area contributed by atoms with Crippen LogP contribution in [0.25, 0.3) is 0 Å². The summed E-state index contributed by atoms with van der Waals surface area (Å²) in [5.41, 5.74) is 0.576. The molecule has 0 fully saturated rings. The van der Waals surface area contributed by atoms with Crippen molar-refractivity contribution in [3.63, 3.8) is 0 Å². The van der Waals surface area contributed by atoms with Crippen LogP contribution in [0.2, 0.25) is 0 Å². The van der Waals surface area contributed by atoms with Crippen LogP contribution in [-0.4, -0.2) is 49.3 Å². The normalized spacial score (nSPS) is 11.5. The van der Waals surface area contributed by atoms with Crippen LogP contribution < -0.4 is 21.3 Å². The molecule has 0 aliphatic rings. The predicted octanol–water partition coefficient (Wildman–Crippen LogP) is 8.54. The predicted molar refractivity (Wildman–Crippen MR) is 199 cm³/mol. The molecule has 8 heteroatoms. The Morgan fingerprint density at radius 2 is 0.958 bits per heavy atom. The van der Waals surface area contributed by atoms with Gasteiger partial charge in [0.2, 0.25) is 17.7 Å². The fraction of sp³-hybridized carbons (Fsp3) is 0.750. The van der Waals surface area contributed by atoms with Crippen molar-refractivity contribution < 1.29 is 19.2 Å². The van der Waals surface area contributed by atoms with Crippen molar-refractivity contribution in [1.29, 1.82) is 0 Å². The molecule has 8 nitrogen and oxygen atoms in total. The molecule has 0 aliphatic carbocycles. The molecular formula is C40H70N4O4. The van der Waals surface area contributed by atoms with Gasteiger partial charge in [-0.3, -0.25) is 19.2 Å². The Kier molecular flexibility index (Phi) is 28.2. The zero-order valence-corrected chi connectivity index (χ0v) is 30.7. The monoisotopic (exact) mass is 671 g/mol. The van der Waals surface area contributed by atoms with E-state index in [1.807, 2.05) is 18.2 Å². The maximum Gasteiger partial charge on any atom is 0.251 e. The van der Waals surface area contributed by atoms with Gasteiger partial charge in [-0.1, -0.05) is 148 Å². The van der Waals surface area contributed by atoms with Crippen LogP contribution >= 0.6 is 0 Å². The van der Waals surface area contributed by atoms with E-state index in [9.17, 15) is 19.2 Å². The van der Waals surface area contributed by atoms with Crippen molar-refractivity contribution in [2.45, 2.75) is 174 Å². The third-order valence-corrected chi connectivity index (χ3v) is 8.90. The number of benzene rings is 1. The van der Waals surface area contributed by atoms with Crippen molar-refractivity contribution in [3.05, 3.63) is 35.9 Å². The first-order valence-corrected chi connectivity index (χ1v) is 19.6. The van der Waals surface area contributed by atoms with Gasteiger partial charge in [0.1, 0.15) is 6.04 Å². The van der Waals surface area contributed by atoms with Crippen LogP contribution in [0.4, 0.5) is 0 Å². The number of carbonyl (C=O) groups excluding carboxylic acids is 4. The molecule has 1 atom stereocenters. The lowest BCUT2D eigenvalue weighted by Gasteiger charge is -2.19. The van der Waals surface area contributed by atoms with Crippen molar-refractivity contribution in [2.75, 3.05) is 19.6 Å². The smallest absolute Gasteiger partial charge is 0.251 e. The molecule has 1 rings (SSSR count). The minimum Gasteiger partial charge on any atom is -0.356 e. The van der Waals surface area contributed by atoms with E-state index in [2.05, 4.69) is 35.1 Å². The van der Waals surface area contributed by atoms with E-state index in [1.54, 1.807) is 12.1 Å². The molecule has 0 aromatic heterocycles. The maximum absolute atomic E-state index is 13.1. The lowest BCUT2D eigenvalue weighted by Crippen LogP contribution is -2.47. The van der Waals surface area contributed by atoms with E-state index in [4.69, 9.17) is 0 Å². The minimum absolute atomic E-state index is 0.0868. The van der Waals surface area contributed by atoms with Gasteiger partial charge >= 0.3 is 0 Å². The first-order chi connectivity index (χ1) is 23.5. The second-order valence-electron chi connectivity index (χ2n) is 13.4. The summed E-state index contributed by atoms with van der Waals surface area (Å²) in [6.45, 7) is 6.05. The fourth-order valence-corrected chi connectivity index (χ4v) is 5.83. The summed E-state index contributed by atoms with van der Waals surface area (Å²) < 4.78 is 0. The molecule has 48 heavy (non-hydrogen) atoms. The third-order valence-electron chi connectivity index (χ3n) is 8.90. The summed E-state index contributed by atoms with van der Waals surface area (Å²) in [5, 5.41) is 11.7. The summed E-state index contributed by atoms with van der Waals surface area (Å²) in [6, 6.07) is 8.20. The number of rotatable bonds is 32. The number of amides is 4. The average Bonchev–Trinajstić information content (AvgIpc) is 3.10. The Hall–Kier alpha value is -2.90. The molecule has 1 aromatic rings. The first-order valence-electron chi connectivity index (χ1n) is 19.6. The highest BCUT2D eigenvalue weighted by Gasteiger charge is 2.21. The van der Waals surface area contributed by atoms with Crippen LogP contribution in [0.15, 0.2) is 30.3 Å². The van der Waals surface area contributed by atoms with Crippen molar-refractivity contribution in [2.24, 2.45) is 0 Å². The van der Waals surface area contributed by atoms with E-state index in [-0.39, 0.29) is 42.9 Å². The van der Waals surface area contributed by atoms with Gasteiger partial charge < -0.3 is 21.3 Å². The molecule has 4 amide bonds. The maximum atomic E-state index is 13.1. The molecule has 0 aliphatic heterocycles. The van der Waals surface area contributed by atoms with Crippen LogP contribution in [0.3, 0.4) is 0 Å². The van der Waals surface area contributed by atoms with E-state index in [0.717, 1.165) is 25.7 Å². The summed E-state index contributed by atoms with van der Waals surface area (Å²) in [7, 11) is 0. The highest BCUT2D eigenvalue weighted by Crippen LogP contribution is 2.12. The Labute approximate surface area is 293 Å². The number of unbranched alkanes of at least 4 members (excludes halogenated alkanes) is 18. The molecule has 1 unspecified atom stereocenters. The summed E-state index contributed by atoms with van der Waals surface area (Å²) in [5.74, 6) is -0.756. The van der Waals surface area contributed by atoms with Crippen molar-refractivity contribution in [1.82, 2.24) is 21.3 Å². The zero-order valence-electron chi connectivity index (χ0n) is 30.7. The minimum atomic E-state index is -0.761. The van der Waals surface area contributed by atoms with E-state index < -0.39 is 6.04 Å². The van der Waals surface area contributed by atoms with E-state index in [0.29, 0.717) is 31.6 Å². The summed E-state index contributed by atoms with van der Waals surface area (Å²) in [4.78, 5) is 50.6. The van der Waals surface area contributed by atoms with Gasteiger partial charge in [0, 0.05) is 38.0 Å². The number of hydrogen-bond donors (Lipinski definition) is 4. The number of nitrogens with one attached hydrogen (secondary N) is 4. The highest BCUT2D eigenvalue weighted by molar-refractivity contribution is 5.94. The van der Waals surface area contributed by atoms with Crippen molar-refractivity contribution >= 4 is 23.6 Å². The number of carbonyl (C=O) groups is 4. The molecular weight excluding hydrogens is 600 g/mol. The highest BCUT2D eigenvalue weighted by atomic mass is 16.2.